The fraction of sp³-hybridized carbons (Fsp3) is 0.235. The first-order valence-corrected chi connectivity index (χ1v) is 15.6. The van der Waals surface area contributed by atoms with Crippen LogP contribution in [0, 0.1) is 5.82 Å². The summed E-state index contributed by atoms with van der Waals surface area (Å²) in [7, 11) is 0. The van der Waals surface area contributed by atoms with Gasteiger partial charge in [-0.3, -0.25) is 4.79 Å². The molecular weight excluding hydrogens is 679 g/mol. The molecule has 0 radical (unpaired) electrons. The molecule has 1 amide bonds. The number of hydrogen-bond donors (Lipinski definition) is 2. The molecule has 5 rings (SSSR count). The van der Waals surface area contributed by atoms with Crippen molar-refractivity contribution in [3.63, 3.8) is 0 Å². The average molecular weight is 710 g/mol. The van der Waals surface area contributed by atoms with Crippen molar-refractivity contribution < 1.29 is 23.8 Å². The molecule has 1 aliphatic rings. The zero-order valence-corrected chi connectivity index (χ0v) is 26.5. The number of hydrogen-bond acceptors (Lipinski definition) is 5. The standard InChI is InChI=1S/C34H31Br2FN2O4/c35-27-10-2-24(3-11-27)22-34(33(41)38-19-18-23-4-14-29(37)15-5-23)31(25-6-12-28(36)13-7-25)43-32(39-34)26-8-16-30(17-9-26)42-21-1-20-40/h2-17,31,40H,1,18-22H2,(H,38,41)/t31-,34-/m1/s1. The molecule has 4 aromatic rings. The monoisotopic (exact) mass is 708 g/mol. The summed E-state index contributed by atoms with van der Waals surface area (Å²) < 4.78 is 27.5. The molecule has 222 valence electrons. The number of carbonyl (C=O) groups is 1. The van der Waals surface area contributed by atoms with Gasteiger partial charge in [0.15, 0.2) is 11.6 Å². The number of aliphatic hydroxyl groups excluding tert-OH is 1. The van der Waals surface area contributed by atoms with E-state index < -0.39 is 11.6 Å². The predicted molar refractivity (Wildman–Crippen MR) is 172 cm³/mol. The third kappa shape index (κ3) is 7.71. The van der Waals surface area contributed by atoms with Gasteiger partial charge in [0.25, 0.3) is 5.91 Å². The third-order valence-corrected chi connectivity index (χ3v) is 8.26. The summed E-state index contributed by atoms with van der Waals surface area (Å²) in [6.07, 6.45) is 0.681. The molecule has 1 heterocycles. The van der Waals surface area contributed by atoms with Gasteiger partial charge in [-0.15, -0.1) is 0 Å². The molecule has 0 fully saturated rings. The van der Waals surface area contributed by atoms with Gasteiger partial charge >= 0.3 is 0 Å². The van der Waals surface area contributed by atoms with E-state index in [4.69, 9.17) is 19.6 Å². The topological polar surface area (TPSA) is 80.2 Å². The van der Waals surface area contributed by atoms with Gasteiger partial charge in [-0.25, -0.2) is 9.38 Å². The van der Waals surface area contributed by atoms with Crippen LogP contribution in [0.25, 0.3) is 0 Å². The van der Waals surface area contributed by atoms with E-state index in [0.29, 0.717) is 49.6 Å². The van der Waals surface area contributed by atoms with E-state index >= 15 is 0 Å². The lowest BCUT2D eigenvalue weighted by Crippen LogP contribution is -2.50. The number of rotatable bonds is 12. The van der Waals surface area contributed by atoms with Gasteiger partial charge in [0, 0.05) is 40.5 Å². The first-order valence-electron chi connectivity index (χ1n) is 14.0. The summed E-state index contributed by atoms with van der Waals surface area (Å²) in [5.41, 5.74) is 2.07. The molecule has 4 aromatic carbocycles. The van der Waals surface area contributed by atoms with Crippen molar-refractivity contribution in [1.82, 2.24) is 5.32 Å². The number of halogens is 3. The molecule has 0 saturated carbocycles. The maximum atomic E-state index is 14.3. The SMILES string of the molecule is O=C(NCCc1ccc(F)cc1)[C@]1(Cc2ccc(Br)cc2)N=C(c2ccc(OCCCO)cc2)O[C@@H]1c1ccc(Br)cc1. The molecule has 0 aliphatic carbocycles. The summed E-state index contributed by atoms with van der Waals surface area (Å²) >= 11 is 7.01. The van der Waals surface area contributed by atoms with Gasteiger partial charge in [-0.1, -0.05) is 68.3 Å². The van der Waals surface area contributed by atoms with Gasteiger partial charge < -0.3 is 19.9 Å². The Kier molecular flexibility index (Phi) is 10.3. The van der Waals surface area contributed by atoms with Crippen LogP contribution in [0.5, 0.6) is 5.75 Å². The number of ether oxygens (including phenoxy) is 2. The number of aliphatic imine (C=N–C) groups is 1. The second-order valence-electron chi connectivity index (χ2n) is 10.3. The number of nitrogens with zero attached hydrogens (tertiary/aromatic N) is 1. The minimum Gasteiger partial charge on any atom is -0.494 e. The van der Waals surface area contributed by atoms with Crippen LogP contribution in [-0.4, -0.2) is 42.2 Å². The highest BCUT2D eigenvalue weighted by atomic mass is 79.9. The summed E-state index contributed by atoms with van der Waals surface area (Å²) in [4.78, 5) is 19.4. The second-order valence-corrected chi connectivity index (χ2v) is 12.1. The Morgan fingerprint density at radius 1 is 0.907 bits per heavy atom. The van der Waals surface area contributed by atoms with Crippen molar-refractivity contribution in [1.29, 1.82) is 0 Å². The Morgan fingerprint density at radius 3 is 2.19 bits per heavy atom. The van der Waals surface area contributed by atoms with Crippen LogP contribution in [0.1, 0.15) is 34.8 Å². The van der Waals surface area contributed by atoms with Crippen molar-refractivity contribution in [3.8, 4) is 5.75 Å². The average Bonchev–Trinajstić information content (AvgIpc) is 3.40. The molecule has 1 aliphatic heterocycles. The second kappa shape index (κ2) is 14.3. The maximum Gasteiger partial charge on any atom is 0.252 e. The third-order valence-electron chi connectivity index (χ3n) is 7.20. The number of carbonyl (C=O) groups excluding carboxylic acids is 1. The van der Waals surface area contributed by atoms with Crippen molar-refractivity contribution in [2.45, 2.75) is 30.9 Å². The van der Waals surface area contributed by atoms with Crippen molar-refractivity contribution in [2.24, 2.45) is 4.99 Å². The Morgan fingerprint density at radius 2 is 1.53 bits per heavy atom. The van der Waals surface area contributed by atoms with Crippen molar-refractivity contribution >= 4 is 43.7 Å². The summed E-state index contributed by atoms with van der Waals surface area (Å²) in [6.45, 7) is 0.824. The highest BCUT2D eigenvalue weighted by Gasteiger charge is 2.53. The maximum absolute atomic E-state index is 14.3. The van der Waals surface area contributed by atoms with Crippen LogP contribution < -0.4 is 10.1 Å². The molecular formula is C34H31Br2FN2O4. The van der Waals surface area contributed by atoms with Crippen LogP contribution in [0.15, 0.2) is 111 Å². The quantitative estimate of drug-likeness (QED) is 0.156. The Labute approximate surface area is 267 Å². The molecule has 9 heteroatoms. The van der Waals surface area contributed by atoms with Gasteiger partial charge in [-0.05, 0) is 83.8 Å². The van der Waals surface area contributed by atoms with Crippen LogP contribution in [0.2, 0.25) is 0 Å². The number of amides is 1. The van der Waals surface area contributed by atoms with E-state index in [0.717, 1.165) is 25.6 Å². The van der Waals surface area contributed by atoms with E-state index in [-0.39, 0.29) is 18.3 Å². The van der Waals surface area contributed by atoms with E-state index in [1.54, 1.807) is 12.1 Å². The zero-order chi connectivity index (χ0) is 30.2. The summed E-state index contributed by atoms with van der Waals surface area (Å²) in [5, 5.41) is 12.1. The van der Waals surface area contributed by atoms with Crippen LogP contribution >= 0.6 is 31.9 Å². The lowest BCUT2D eigenvalue weighted by Gasteiger charge is -2.31. The molecule has 0 spiro atoms. The molecule has 2 atom stereocenters. The largest absolute Gasteiger partial charge is 0.494 e. The molecule has 6 nitrogen and oxygen atoms in total. The first-order chi connectivity index (χ1) is 20.9. The lowest BCUT2D eigenvalue weighted by molar-refractivity contribution is -0.128. The molecule has 0 unspecified atom stereocenters. The minimum atomic E-state index is -1.31. The summed E-state index contributed by atoms with van der Waals surface area (Å²) in [6, 6.07) is 29.2. The highest BCUT2D eigenvalue weighted by Crippen LogP contribution is 2.43. The zero-order valence-electron chi connectivity index (χ0n) is 23.3. The van der Waals surface area contributed by atoms with Crippen LogP contribution in [0.3, 0.4) is 0 Å². The Hall–Kier alpha value is -3.53. The molecule has 43 heavy (non-hydrogen) atoms. The lowest BCUT2D eigenvalue weighted by atomic mass is 9.82. The van der Waals surface area contributed by atoms with Crippen molar-refractivity contribution in [2.75, 3.05) is 19.8 Å². The van der Waals surface area contributed by atoms with E-state index in [1.807, 2.05) is 72.8 Å². The Bertz CT molecular complexity index is 1550. The highest BCUT2D eigenvalue weighted by molar-refractivity contribution is 9.10. The van der Waals surface area contributed by atoms with E-state index in [1.165, 1.54) is 12.1 Å². The van der Waals surface area contributed by atoms with Crippen LogP contribution in [0.4, 0.5) is 4.39 Å². The predicted octanol–water partition coefficient (Wildman–Crippen LogP) is 6.97. The number of benzene rings is 4. The minimum absolute atomic E-state index is 0.0621. The van der Waals surface area contributed by atoms with E-state index in [2.05, 4.69) is 37.2 Å². The van der Waals surface area contributed by atoms with Gasteiger partial charge in [0.1, 0.15) is 11.6 Å². The number of nitrogens with one attached hydrogen (secondary N) is 1. The van der Waals surface area contributed by atoms with Gasteiger partial charge in [-0.2, -0.15) is 0 Å². The molecule has 0 saturated heterocycles. The van der Waals surface area contributed by atoms with Crippen LogP contribution in [-0.2, 0) is 22.4 Å². The summed E-state index contributed by atoms with van der Waals surface area (Å²) in [5.74, 6) is 0.471. The molecule has 0 aromatic heterocycles. The molecule has 0 bridgehead atoms. The molecule has 2 N–H and O–H groups in total. The normalized spacial score (nSPS) is 17.7. The smallest absolute Gasteiger partial charge is 0.252 e. The van der Waals surface area contributed by atoms with Gasteiger partial charge in [0.05, 0.1) is 6.61 Å². The van der Waals surface area contributed by atoms with Gasteiger partial charge in [0.2, 0.25) is 5.90 Å². The fourth-order valence-corrected chi connectivity index (χ4v) is 5.49. The van der Waals surface area contributed by atoms with Crippen molar-refractivity contribution in [3.05, 3.63) is 134 Å². The first kappa shape index (κ1) is 30.9. The fourth-order valence-electron chi connectivity index (χ4n) is 4.96. The Balaban J connectivity index is 1.50. The van der Waals surface area contributed by atoms with E-state index in [9.17, 15) is 9.18 Å². The number of aliphatic hydroxyl groups is 1.